The Morgan fingerprint density at radius 2 is 1.78 bits per heavy atom. The molecular formula is C26H31F2N7O2. The third kappa shape index (κ3) is 5.04. The smallest absolute Gasteiger partial charge is 0.260 e. The highest BCUT2D eigenvalue weighted by Crippen LogP contribution is 2.34. The van der Waals surface area contributed by atoms with E-state index in [-0.39, 0.29) is 37.0 Å². The molecular weight excluding hydrogens is 480 g/mol. The third-order valence-corrected chi connectivity index (χ3v) is 7.50. The summed E-state index contributed by atoms with van der Waals surface area (Å²) in [6.45, 7) is 4.05. The second kappa shape index (κ2) is 10.1. The molecule has 1 aromatic carbocycles. The number of alkyl halides is 1. The van der Waals surface area contributed by atoms with Crippen LogP contribution in [0.25, 0.3) is 11.0 Å². The van der Waals surface area contributed by atoms with Crippen molar-refractivity contribution in [3.8, 4) is 0 Å². The Kier molecular flexibility index (Phi) is 6.89. The molecule has 0 unspecified atom stereocenters. The summed E-state index contributed by atoms with van der Waals surface area (Å²) in [6, 6.07) is 4.25. The summed E-state index contributed by atoms with van der Waals surface area (Å²) in [6.07, 6.45) is 5.01. The Balaban J connectivity index is 1.22. The minimum absolute atomic E-state index is 0.0791. The van der Waals surface area contributed by atoms with Gasteiger partial charge in [-0.3, -0.25) is 14.5 Å². The fraction of sp³-hybridized carbons (Fsp3) is 0.500. The quantitative estimate of drug-likeness (QED) is 0.506. The SMILES string of the molecule is CCC(=O)c1nc2cc(F)ccc2n1C1CCN(C(=O)C2(F)CCN(Cc3cnc(N)nc3)CC2)CC1. The highest BCUT2D eigenvalue weighted by Gasteiger charge is 2.45. The van der Waals surface area contributed by atoms with Gasteiger partial charge >= 0.3 is 0 Å². The van der Waals surface area contributed by atoms with Gasteiger partial charge in [-0.05, 0) is 25.0 Å². The second-order valence-electron chi connectivity index (χ2n) is 9.93. The zero-order valence-electron chi connectivity index (χ0n) is 20.9. The van der Waals surface area contributed by atoms with Gasteiger partial charge in [0.1, 0.15) is 5.82 Å². The number of hydrogen-bond acceptors (Lipinski definition) is 7. The minimum Gasteiger partial charge on any atom is -0.368 e. The second-order valence-corrected chi connectivity index (χ2v) is 9.93. The first kappa shape index (κ1) is 25.2. The van der Waals surface area contributed by atoms with Gasteiger partial charge in [0.2, 0.25) is 5.95 Å². The number of carbonyl (C=O) groups is 2. The van der Waals surface area contributed by atoms with E-state index in [1.165, 1.54) is 12.1 Å². The lowest BCUT2D eigenvalue weighted by Gasteiger charge is -2.40. The number of nitrogens with zero attached hydrogens (tertiary/aromatic N) is 6. The number of benzene rings is 1. The average Bonchev–Trinajstić information content (AvgIpc) is 3.29. The number of nitrogens with two attached hydrogens (primary N) is 1. The molecule has 5 rings (SSSR count). The van der Waals surface area contributed by atoms with Gasteiger partial charge in [-0.25, -0.2) is 23.7 Å². The molecule has 2 aliphatic heterocycles. The number of nitrogen functional groups attached to an aromatic ring is 1. The number of likely N-dealkylation sites (tertiary alicyclic amines) is 2. The van der Waals surface area contributed by atoms with Crippen molar-refractivity contribution in [2.75, 3.05) is 31.9 Å². The van der Waals surface area contributed by atoms with E-state index in [9.17, 15) is 14.0 Å². The van der Waals surface area contributed by atoms with Crippen LogP contribution in [0.2, 0.25) is 0 Å². The number of imidazole rings is 1. The van der Waals surface area contributed by atoms with Gasteiger partial charge in [0.25, 0.3) is 5.91 Å². The zero-order chi connectivity index (χ0) is 26.2. The Labute approximate surface area is 213 Å². The lowest BCUT2D eigenvalue weighted by atomic mass is 9.90. The van der Waals surface area contributed by atoms with E-state index < -0.39 is 17.4 Å². The average molecular weight is 512 g/mol. The van der Waals surface area contributed by atoms with Crippen LogP contribution in [0.5, 0.6) is 0 Å². The number of rotatable bonds is 6. The van der Waals surface area contributed by atoms with Crippen LogP contribution < -0.4 is 5.73 Å². The van der Waals surface area contributed by atoms with E-state index in [0.717, 1.165) is 5.56 Å². The first-order valence-corrected chi connectivity index (χ1v) is 12.7. The lowest BCUT2D eigenvalue weighted by Crippen LogP contribution is -2.54. The maximum Gasteiger partial charge on any atom is 0.260 e. The molecule has 2 fully saturated rings. The molecule has 2 saturated heterocycles. The van der Waals surface area contributed by atoms with Crippen LogP contribution in [0.4, 0.5) is 14.7 Å². The number of fused-ring (bicyclic) bond motifs is 1. The van der Waals surface area contributed by atoms with Crippen molar-refractivity contribution < 1.29 is 18.4 Å². The van der Waals surface area contributed by atoms with Crippen LogP contribution in [0.3, 0.4) is 0 Å². The van der Waals surface area contributed by atoms with Crippen molar-refractivity contribution in [1.82, 2.24) is 29.3 Å². The predicted octanol–water partition coefficient (Wildman–Crippen LogP) is 3.31. The van der Waals surface area contributed by atoms with E-state index in [1.54, 1.807) is 30.3 Å². The fourth-order valence-electron chi connectivity index (χ4n) is 5.39. The number of piperidine rings is 2. The summed E-state index contributed by atoms with van der Waals surface area (Å²) in [5.74, 6) is -0.454. The molecule has 2 aromatic heterocycles. The summed E-state index contributed by atoms with van der Waals surface area (Å²) in [4.78, 5) is 41.9. The first-order valence-electron chi connectivity index (χ1n) is 12.7. The van der Waals surface area contributed by atoms with Crippen LogP contribution >= 0.6 is 0 Å². The van der Waals surface area contributed by atoms with Crippen LogP contribution in [0.15, 0.2) is 30.6 Å². The number of anilines is 1. The number of aromatic nitrogens is 4. The van der Waals surface area contributed by atoms with E-state index in [1.807, 2.05) is 4.57 Å². The Bertz CT molecular complexity index is 1290. The van der Waals surface area contributed by atoms with Gasteiger partial charge in [0.05, 0.1) is 11.0 Å². The summed E-state index contributed by atoms with van der Waals surface area (Å²) in [5, 5.41) is 0. The number of ketones is 1. The van der Waals surface area contributed by atoms with Gasteiger partial charge in [-0.15, -0.1) is 0 Å². The van der Waals surface area contributed by atoms with Crippen molar-refractivity contribution >= 4 is 28.7 Å². The van der Waals surface area contributed by atoms with E-state index in [4.69, 9.17) is 5.73 Å². The molecule has 1 amide bonds. The highest BCUT2D eigenvalue weighted by atomic mass is 19.1. The molecule has 4 heterocycles. The molecule has 0 aliphatic carbocycles. The Morgan fingerprint density at radius 3 is 2.43 bits per heavy atom. The van der Waals surface area contributed by atoms with Gasteiger partial charge in [0, 0.05) is 82.1 Å². The molecule has 11 heteroatoms. The fourth-order valence-corrected chi connectivity index (χ4v) is 5.39. The molecule has 0 atom stereocenters. The maximum absolute atomic E-state index is 15.8. The molecule has 0 saturated carbocycles. The van der Waals surface area contributed by atoms with E-state index in [2.05, 4.69) is 19.9 Å². The highest BCUT2D eigenvalue weighted by molar-refractivity contribution is 5.96. The number of amides is 1. The van der Waals surface area contributed by atoms with Crippen molar-refractivity contribution in [3.63, 3.8) is 0 Å². The van der Waals surface area contributed by atoms with Crippen LogP contribution in [0.1, 0.15) is 61.3 Å². The maximum atomic E-state index is 15.8. The van der Waals surface area contributed by atoms with Gasteiger partial charge < -0.3 is 15.2 Å². The number of halogens is 2. The van der Waals surface area contributed by atoms with Crippen LogP contribution in [0, 0.1) is 5.82 Å². The van der Waals surface area contributed by atoms with Gasteiger partial charge in [0.15, 0.2) is 17.3 Å². The van der Waals surface area contributed by atoms with Crippen molar-refractivity contribution in [2.24, 2.45) is 0 Å². The van der Waals surface area contributed by atoms with Crippen molar-refractivity contribution in [3.05, 3.63) is 47.8 Å². The monoisotopic (exact) mass is 511 g/mol. The molecule has 9 nitrogen and oxygen atoms in total. The van der Waals surface area contributed by atoms with E-state index in [0.29, 0.717) is 62.4 Å². The largest absolute Gasteiger partial charge is 0.368 e. The third-order valence-electron chi connectivity index (χ3n) is 7.50. The zero-order valence-corrected chi connectivity index (χ0v) is 20.9. The minimum atomic E-state index is -1.89. The van der Waals surface area contributed by atoms with Gasteiger partial charge in [-0.2, -0.15) is 0 Å². The standard InChI is InChI=1S/C26H31F2N7O2/c1-2-22(36)23-32-20-13-18(27)3-4-21(20)35(23)19-5-9-34(10-6-19)24(37)26(28)7-11-33(12-8-26)16-17-14-30-25(29)31-15-17/h3-4,13-15,19H,2,5-12,16H2,1H3,(H2,29,30,31). The number of hydrogen-bond donors (Lipinski definition) is 1. The molecule has 0 bridgehead atoms. The lowest BCUT2D eigenvalue weighted by molar-refractivity contribution is -0.148. The van der Waals surface area contributed by atoms with Crippen molar-refractivity contribution in [1.29, 1.82) is 0 Å². The molecule has 2 N–H and O–H groups in total. The molecule has 37 heavy (non-hydrogen) atoms. The summed E-state index contributed by atoms with van der Waals surface area (Å²) in [5.41, 5.74) is 5.68. The molecule has 3 aromatic rings. The van der Waals surface area contributed by atoms with Crippen molar-refractivity contribution in [2.45, 2.75) is 57.3 Å². The summed E-state index contributed by atoms with van der Waals surface area (Å²) >= 11 is 0. The number of Topliss-reactive ketones (excluding diaryl/α,β-unsaturated/α-hetero) is 1. The first-order chi connectivity index (χ1) is 17.8. The van der Waals surface area contributed by atoms with E-state index >= 15 is 4.39 Å². The molecule has 0 spiro atoms. The number of carbonyl (C=O) groups excluding carboxylic acids is 2. The molecule has 0 radical (unpaired) electrons. The predicted molar refractivity (Wildman–Crippen MR) is 134 cm³/mol. The molecule has 196 valence electrons. The summed E-state index contributed by atoms with van der Waals surface area (Å²) in [7, 11) is 0. The Hall–Kier alpha value is -3.47. The Morgan fingerprint density at radius 1 is 1.11 bits per heavy atom. The normalized spacial score (nSPS) is 18.8. The van der Waals surface area contributed by atoms with Crippen LogP contribution in [-0.2, 0) is 11.3 Å². The summed E-state index contributed by atoms with van der Waals surface area (Å²) < 4.78 is 31.5. The molecule has 2 aliphatic rings. The van der Waals surface area contributed by atoms with Gasteiger partial charge in [-0.1, -0.05) is 6.92 Å². The topological polar surface area (TPSA) is 110 Å². The van der Waals surface area contributed by atoms with Crippen LogP contribution in [-0.4, -0.2) is 72.9 Å².